The van der Waals surface area contributed by atoms with Crippen LogP contribution in [0.3, 0.4) is 0 Å². The summed E-state index contributed by atoms with van der Waals surface area (Å²) in [4.78, 5) is 46.6. The number of nitrogens with one attached hydrogen (secondary N) is 1. The van der Waals surface area contributed by atoms with Crippen LogP contribution in [-0.2, 0) is 25.5 Å². The predicted octanol–water partition coefficient (Wildman–Crippen LogP) is 6.24. The molecule has 43 heavy (non-hydrogen) atoms. The number of hydrogen-bond donors (Lipinski definition) is 2. The third-order valence-corrected chi connectivity index (χ3v) is 6.06. The van der Waals surface area contributed by atoms with E-state index in [4.69, 9.17) is 19.3 Å². The first-order valence-corrected chi connectivity index (χ1v) is 14.0. The molecule has 3 rings (SSSR count). The minimum absolute atomic E-state index is 0.286. The topological polar surface area (TPSA) is 128 Å². The third kappa shape index (κ3) is 12.5. The highest BCUT2D eigenvalue weighted by Crippen LogP contribution is 2.18. The molecule has 2 N–H and O–H groups in total. The van der Waals surface area contributed by atoms with Crippen LogP contribution < -0.4 is 14.8 Å². The van der Waals surface area contributed by atoms with E-state index in [1.807, 2.05) is 12.1 Å². The van der Waals surface area contributed by atoms with Gasteiger partial charge in [0.15, 0.2) is 0 Å². The molecule has 3 aromatic carbocycles. The quantitative estimate of drug-likeness (QED) is 0.0875. The van der Waals surface area contributed by atoms with Gasteiger partial charge < -0.3 is 24.6 Å². The molecule has 0 aliphatic heterocycles. The summed E-state index contributed by atoms with van der Waals surface area (Å²) in [6, 6.07) is 20.8. The molecule has 0 aliphatic rings. The van der Waals surface area contributed by atoms with Crippen LogP contribution in [0.2, 0.25) is 0 Å². The maximum Gasteiger partial charge on any atom is 0.343 e. The fraction of sp³-hybridized carbons (Fsp3) is 0.235. The first-order valence-electron chi connectivity index (χ1n) is 14.0. The Bertz CT molecular complexity index is 1410. The van der Waals surface area contributed by atoms with Gasteiger partial charge in [0.1, 0.15) is 11.5 Å². The maximum absolute atomic E-state index is 12.4. The second-order valence-electron chi connectivity index (χ2n) is 9.50. The lowest BCUT2D eigenvalue weighted by molar-refractivity contribution is -0.137. The van der Waals surface area contributed by atoms with Gasteiger partial charge in [0.2, 0.25) is 5.91 Å². The molecule has 0 saturated heterocycles. The molecule has 0 atom stereocenters. The van der Waals surface area contributed by atoms with E-state index in [1.54, 1.807) is 66.7 Å². The highest BCUT2D eigenvalue weighted by atomic mass is 16.5. The predicted molar refractivity (Wildman–Crippen MR) is 163 cm³/mol. The van der Waals surface area contributed by atoms with Crippen molar-refractivity contribution in [2.45, 2.75) is 39.0 Å². The van der Waals surface area contributed by atoms with E-state index in [2.05, 4.69) is 12.2 Å². The van der Waals surface area contributed by atoms with Crippen molar-refractivity contribution in [2.75, 3.05) is 18.5 Å². The zero-order valence-corrected chi connectivity index (χ0v) is 24.0. The Morgan fingerprint density at radius 1 is 0.767 bits per heavy atom. The Morgan fingerprint density at radius 3 is 2.14 bits per heavy atom. The number of ether oxygens (including phenoxy) is 3. The van der Waals surface area contributed by atoms with Crippen LogP contribution in [0.15, 0.2) is 91.0 Å². The first-order chi connectivity index (χ1) is 20.8. The van der Waals surface area contributed by atoms with Crippen molar-refractivity contribution in [1.29, 1.82) is 0 Å². The summed E-state index contributed by atoms with van der Waals surface area (Å²) >= 11 is 0. The van der Waals surface area contributed by atoms with Gasteiger partial charge in [0.25, 0.3) is 0 Å². The largest absolute Gasteiger partial charge is 0.494 e. The molecule has 0 unspecified atom stereocenters. The highest BCUT2D eigenvalue weighted by molar-refractivity contribution is 6.02. The molecule has 0 saturated carbocycles. The van der Waals surface area contributed by atoms with Crippen molar-refractivity contribution < 1.29 is 38.5 Å². The number of carbonyl (C=O) groups is 4. The fourth-order valence-corrected chi connectivity index (χ4v) is 3.74. The number of carboxylic acids is 1. The highest BCUT2D eigenvalue weighted by Gasteiger charge is 2.09. The molecule has 9 heteroatoms. The van der Waals surface area contributed by atoms with E-state index in [1.165, 1.54) is 6.08 Å². The van der Waals surface area contributed by atoms with Crippen LogP contribution in [0.1, 0.15) is 54.1 Å². The van der Waals surface area contributed by atoms with Crippen LogP contribution in [0.5, 0.6) is 11.5 Å². The number of unbranched alkanes of at least 4 members (excludes halogenated alkanes) is 2. The van der Waals surface area contributed by atoms with Gasteiger partial charge in [0.05, 0.1) is 18.8 Å². The minimum Gasteiger partial charge on any atom is -0.494 e. The van der Waals surface area contributed by atoms with Gasteiger partial charge in [-0.25, -0.2) is 14.4 Å². The van der Waals surface area contributed by atoms with Crippen molar-refractivity contribution in [1.82, 2.24) is 0 Å². The van der Waals surface area contributed by atoms with Crippen molar-refractivity contribution >= 4 is 35.6 Å². The number of hydrogen-bond acceptors (Lipinski definition) is 7. The Kier molecular flexibility index (Phi) is 13.2. The van der Waals surface area contributed by atoms with E-state index in [9.17, 15) is 19.2 Å². The summed E-state index contributed by atoms with van der Waals surface area (Å²) in [5.41, 5.74) is 2.80. The Morgan fingerprint density at radius 2 is 1.47 bits per heavy atom. The summed E-state index contributed by atoms with van der Waals surface area (Å²) in [5.74, 6) is -1.53. The second kappa shape index (κ2) is 17.6. The molecule has 0 spiro atoms. The molecular formula is C34H35NO8. The van der Waals surface area contributed by atoms with Gasteiger partial charge in [-0.1, -0.05) is 37.6 Å². The van der Waals surface area contributed by atoms with Crippen LogP contribution in [0.4, 0.5) is 5.69 Å². The molecule has 0 radical (unpaired) electrons. The van der Waals surface area contributed by atoms with Crippen molar-refractivity contribution in [2.24, 2.45) is 0 Å². The monoisotopic (exact) mass is 585 g/mol. The summed E-state index contributed by atoms with van der Waals surface area (Å²) in [6.07, 6.45) is 9.00. The Balaban J connectivity index is 1.33. The Labute approximate surface area is 250 Å². The van der Waals surface area contributed by atoms with Gasteiger partial charge in [-0.2, -0.15) is 0 Å². The van der Waals surface area contributed by atoms with Gasteiger partial charge in [0, 0.05) is 23.9 Å². The number of anilines is 1. The number of carbonyl (C=O) groups excluding carboxylic acids is 3. The van der Waals surface area contributed by atoms with Crippen LogP contribution in [0, 0.1) is 0 Å². The molecule has 0 aromatic heterocycles. The lowest BCUT2D eigenvalue weighted by Gasteiger charge is -2.07. The fourth-order valence-electron chi connectivity index (χ4n) is 3.74. The summed E-state index contributed by atoms with van der Waals surface area (Å²) in [5, 5.41) is 11.1. The van der Waals surface area contributed by atoms with E-state index >= 15 is 0 Å². The van der Waals surface area contributed by atoms with Crippen molar-refractivity contribution in [3.8, 4) is 11.5 Å². The van der Waals surface area contributed by atoms with Gasteiger partial charge >= 0.3 is 17.9 Å². The molecule has 0 heterocycles. The van der Waals surface area contributed by atoms with E-state index in [0.29, 0.717) is 35.8 Å². The van der Waals surface area contributed by atoms with Gasteiger partial charge in [-0.3, -0.25) is 4.79 Å². The van der Waals surface area contributed by atoms with Crippen LogP contribution in [-0.4, -0.2) is 42.1 Å². The van der Waals surface area contributed by atoms with Crippen molar-refractivity contribution in [3.05, 3.63) is 108 Å². The van der Waals surface area contributed by atoms with E-state index in [0.717, 1.165) is 49.0 Å². The van der Waals surface area contributed by atoms with Crippen LogP contribution >= 0.6 is 0 Å². The van der Waals surface area contributed by atoms with Crippen LogP contribution in [0.25, 0.3) is 6.08 Å². The molecule has 0 bridgehead atoms. The summed E-state index contributed by atoms with van der Waals surface area (Å²) in [7, 11) is 0. The Hall–Kier alpha value is -5.18. The first kappa shape index (κ1) is 32.3. The van der Waals surface area contributed by atoms with E-state index in [-0.39, 0.29) is 6.61 Å². The van der Waals surface area contributed by atoms with E-state index < -0.39 is 23.8 Å². The molecular weight excluding hydrogens is 550 g/mol. The standard InChI is InChI=1S/C34H35NO8/c1-2-3-23-41-29-18-12-27(13-19-29)34(40)43-30-16-9-26(10-17-30)11-22-33(39)42-24-5-4-6-25-7-14-28(15-8-25)35-31(36)20-21-32(37)38/h7-22H,2-6,23-24H2,1H3,(H,35,36)(H,37,38)/b21-20-,22-11+. The average molecular weight is 586 g/mol. The molecule has 0 fully saturated rings. The van der Waals surface area contributed by atoms with Gasteiger partial charge in [-0.15, -0.1) is 0 Å². The van der Waals surface area contributed by atoms with Gasteiger partial charge in [-0.05, 0) is 91.4 Å². The SMILES string of the molecule is CCCCOc1ccc(C(=O)Oc2ccc(/C=C/C(=O)OCCCCc3ccc(NC(=O)/C=C\C(=O)O)cc3)cc2)cc1. The van der Waals surface area contributed by atoms with Crippen molar-refractivity contribution in [3.63, 3.8) is 0 Å². The number of benzene rings is 3. The molecule has 1 amide bonds. The molecule has 3 aromatic rings. The molecule has 224 valence electrons. The number of rotatable bonds is 16. The summed E-state index contributed by atoms with van der Waals surface area (Å²) < 4.78 is 16.3. The smallest absolute Gasteiger partial charge is 0.343 e. The molecule has 0 aliphatic carbocycles. The number of esters is 2. The zero-order valence-electron chi connectivity index (χ0n) is 24.0. The second-order valence-corrected chi connectivity index (χ2v) is 9.50. The average Bonchev–Trinajstić information content (AvgIpc) is 3.01. The number of amides is 1. The lowest BCUT2D eigenvalue weighted by Crippen LogP contribution is -2.08. The number of aliphatic carboxylic acids is 1. The normalized spacial score (nSPS) is 10.9. The number of aryl methyl sites for hydroxylation is 1. The zero-order chi connectivity index (χ0) is 30.9. The molecule has 9 nitrogen and oxygen atoms in total. The maximum atomic E-state index is 12.4. The minimum atomic E-state index is -1.19. The number of carboxylic acid groups (broad SMARTS) is 1. The summed E-state index contributed by atoms with van der Waals surface area (Å²) in [6.45, 7) is 3.02. The lowest BCUT2D eigenvalue weighted by atomic mass is 10.1. The third-order valence-electron chi connectivity index (χ3n) is 6.06.